The Morgan fingerprint density at radius 1 is 1.17 bits per heavy atom. The van der Waals surface area contributed by atoms with Crippen LogP contribution >= 0.6 is 11.3 Å². The minimum absolute atomic E-state index is 0.120. The number of thiophene rings is 1. The smallest absolute Gasteiger partial charge is 0.138 e. The van der Waals surface area contributed by atoms with E-state index in [1.165, 1.54) is 26.1 Å². The van der Waals surface area contributed by atoms with Crippen LogP contribution in [0.1, 0.15) is 28.3 Å². The lowest BCUT2D eigenvalue weighted by Crippen LogP contribution is -2.34. The van der Waals surface area contributed by atoms with Gasteiger partial charge in [-0.15, -0.1) is 11.3 Å². The quantitative estimate of drug-likeness (QED) is 0.659. The van der Waals surface area contributed by atoms with Crippen LogP contribution in [-0.2, 0) is 6.54 Å². The molecule has 3 aromatic rings. The van der Waals surface area contributed by atoms with Crippen molar-refractivity contribution in [1.29, 1.82) is 0 Å². The summed E-state index contributed by atoms with van der Waals surface area (Å²) in [6.07, 6.45) is 0.120. The van der Waals surface area contributed by atoms with Gasteiger partial charge in [-0.25, -0.2) is 0 Å². The van der Waals surface area contributed by atoms with Crippen molar-refractivity contribution in [2.24, 2.45) is 0 Å². The molecule has 2 aromatic carbocycles. The number of hydrogen-bond acceptors (Lipinski definition) is 3. The highest BCUT2D eigenvalue weighted by atomic mass is 32.1. The van der Waals surface area contributed by atoms with E-state index in [0.29, 0.717) is 0 Å². The Kier molecular flexibility index (Phi) is 3.83. The van der Waals surface area contributed by atoms with E-state index in [1.807, 2.05) is 11.3 Å². The van der Waals surface area contributed by atoms with Gasteiger partial charge in [-0.05, 0) is 31.0 Å². The highest BCUT2D eigenvalue weighted by molar-refractivity contribution is 7.12. The first-order valence-corrected chi connectivity index (χ1v) is 9.02. The molecule has 1 aliphatic heterocycles. The molecule has 1 aliphatic rings. The van der Waals surface area contributed by atoms with E-state index >= 15 is 0 Å². The number of ether oxygens (including phenoxy) is 1. The summed E-state index contributed by atoms with van der Waals surface area (Å²) in [6, 6.07) is 17.1. The van der Waals surface area contributed by atoms with E-state index in [9.17, 15) is 0 Å². The summed E-state index contributed by atoms with van der Waals surface area (Å²) in [7, 11) is 0. The number of hydrogen-bond donors (Lipinski definition) is 0. The normalized spacial score (nSPS) is 18.1. The van der Waals surface area contributed by atoms with Crippen LogP contribution in [0.25, 0.3) is 10.8 Å². The van der Waals surface area contributed by atoms with Gasteiger partial charge in [-0.1, -0.05) is 43.3 Å². The van der Waals surface area contributed by atoms with E-state index < -0.39 is 0 Å². The SMILES string of the molecule is CCN1Cc2sc(C)cc2C(Oc2cccc3ccccc23)C1. The third-order valence-electron chi connectivity index (χ3n) is 4.57. The summed E-state index contributed by atoms with van der Waals surface area (Å²) in [6.45, 7) is 7.49. The number of likely N-dealkylation sites (N-methyl/N-ethyl adjacent to an activating group) is 1. The molecule has 0 saturated carbocycles. The van der Waals surface area contributed by atoms with Crippen molar-refractivity contribution in [3.63, 3.8) is 0 Å². The first-order chi connectivity index (χ1) is 11.2. The van der Waals surface area contributed by atoms with Crippen molar-refractivity contribution in [2.75, 3.05) is 13.1 Å². The molecule has 23 heavy (non-hydrogen) atoms. The van der Waals surface area contributed by atoms with Crippen LogP contribution in [0.5, 0.6) is 5.75 Å². The topological polar surface area (TPSA) is 12.5 Å². The highest BCUT2D eigenvalue weighted by Gasteiger charge is 2.28. The fourth-order valence-electron chi connectivity index (χ4n) is 3.37. The fourth-order valence-corrected chi connectivity index (χ4v) is 4.50. The van der Waals surface area contributed by atoms with E-state index in [1.54, 1.807) is 0 Å². The molecule has 1 aromatic heterocycles. The predicted octanol–water partition coefficient (Wildman–Crippen LogP) is 5.17. The average Bonchev–Trinajstić information content (AvgIpc) is 2.95. The van der Waals surface area contributed by atoms with Gasteiger partial charge < -0.3 is 4.74 Å². The molecule has 3 heteroatoms. The van der Waals surface area contributed by atoms with E-state index in [0.717, 1.165) is 25.4 Å². The van der Waals surface area contributed by atoms with Crippen molar-refractivity contribution in [2.45, 2.75) is 26.5 Å². The molecule has 0 amide bonds. The summed E-state index contributed by atoms with van der Waals surface area (Å²) in [4.78, 5) is 5.30. The molecule has 2 heterocycles. The Hall–Kier alpha value is -1.84. The minimum Gasteiger partial charge on any atom is -0.484 e. The van der Waals surface area contributed by atoms with E-state index in [2.05, 4.69) is 67.3 Å². The molecule has 1 unspecified atom stereocenters. The second kappa shape index (κ2) is 5.99. The highest BCUT2D eigenvalue weighted by Crippen LogP contribution is 2.37. The van der Waals surface area contributed by atoms with Crippen LogP contribution in [0.3, 0.4) is 0 Å². The summed E-state index contributed by atoms with van der Waals surface area (Å²) >= 11 is 1.91. The number of rotatable bonds is 3. The Morgan fingerprint density at radius 2 is 2.00 bits per heavy atom. The second-order valence-electron chi connectivity index (χ2n) is 6.15. The molecule has 4 rings (SSSR count). The number of fused-ring (bicyclic) bond motifs is 2. The number of benzene rings is 2. The zero-order chi connectivity index (χ0) is 15.8. The van der Waals surface area contributed by atoms with E-state index in [4.69, 9.17) is 4.74 Å². The predicted molar refractivity (Wildman–Crippen MR) is 97.3 cm³/mol. The van der Waals surface area contributed by atoms with Crippen molar-refractivity contribution in [1.82, 2.24) is 4.90 Å². The summed E-state index contributed by atoms with van der Waals surface area (Å²) < 4.78 is 6.51. The van der Waals surface area contributed by atoms with Crippen LogP contribution in [0.4, 0.5) is 0 Å². The average molecular weight is 323 g/mol. The third-order valence-corrected chi connectivity index (χ3v) is 5.62. The minimum atomic E-state index is 0.120. The fraction of sp³-hybridized carbons (Fsp3) is 0.300. The summed E-state index contributed by atoms with van der Waals surface area (Å²) in [5.74, 6) is 0.987. The maximum atomic E-state index is 6.51. The first-order valence-electron chi connectivity index (χ1n) is 8.20. The van der Waals surface area contributed by atoms with Gasteiger partial charge in [0.2, 0.25) is 0 Å². The zero-order valence-corrected chi connectivity index (χ0v) is 14.4. The summed E-state index contributed by atoms with van der Waals surface area (Å²) in [5.41, 5.74) is 1.38. The van der Waals surface area contributed by atoms with Crippen molar-refractivity contribution >= 4 is 22.1 Å². The van der Waals surface area contributed by atoms with Gasteiger partial charge in [0.05, 0.1) is 0 Å². The standard InChI is InChI=1S/C20H21NOS/c1-3-21-12-19(17-11-14(2)23-20(17)13-21)22-18-10-6-8-15-7-4-5-9-16(15)18/h4-11,19H,3,12-13H2,1-2H3. The maximum Gasteiger partial charge on any atom is 0.138 e. The van der Waals surface area contributed by atoms with Gasteiger partial charge in [0.25, 0.3) is 0 Å². The molecule has 0 N–H and O–H groups in total. The summed E-state index contributed by atoms with van der Waals surface area (Å²) in [5, 5.41) is 2.42. The van der Waals surface area contributed by atoms with Gasteiger partial charge in [0, 0.05) is 33.8 Å². The lowest BCUT2D eigenvalue weighted by molar-refractivity contribution is 0.118. The molecular formula is C20H21NOS. The Morgan fingerprint density at radius 3 is 2.87 bits per heavy atom. The molecule has 1 atom stereocenters. The van der Waals surface area contributed by atoms with Crippen LogP contribution in [-0.4, -0.2) is 18.0 Å². The van der Waals surface area contributed by atoms with Gasteiger partial charge >= 0.3 is 0 Å². The van der Waals surface area contributed by atoms with Crippen LogP contribution in [0.2, 0.25) is 0 Å². The molecular weight excluding hydrogens is 302 g/mol. The van der Waals surface area contributed by atoms with Crippen LogP contribution in [0, 0.1) is 6.92 Å². The maximum absolute atomic E-state index is 6.51. The lowest BCUT2D eigenvalue weighted by Gasteiger charge is -2.32. The van der Waals surface area contributed by atoms with Crippen LogP contribution in [0.15, 0.2) is 48.5 Å². The van der Waals surface area contributed by atoms with Gasteiger partial charge in [0.15, 0.2) is 0 Å². The number of aryl methyl sites for hydroxylation is 1. The Labute approximate surface area is 141 Å². The first kappa shape index (κ1) is 14.7. The molecule has 0 aliphatic carbocycles. The number of nitrogens with zero attached hydrogens (tertiary/aromatic N) is 1. The molecule has 118 valence electrons. The molecule has 0 radical (unpaired) electrons. The zero-order valence-electron chi connectivity index (χ0n) is 13.6. The van der Waals surface area contributed by atoms with Gasteiger partial charge in [-0.3, -0.25) is 4.90 Å². The van der Waals surface area contributed by atoms with Crippen molar-refractivity contribution < 1.29 is 4.74 Å². The second-order valence-corrected chi connectivity index (χ2v) is 7.49. The van der Waals surface area contributed by atoms with Crippen LogP contribution < -0.4 is 4.74 Å². The van der Waals surface area contributed by atoms with E-state index in [-0.39, 0.29) is 6.10 Å². The molecule has 2 nitrogen and oxygen atoms in total. The third kappa shape index (κ3) is 2.75. The Bertz CT molecular complexity index is 833. The van der Waals surface area contributed by atoms with Crippen molar-refractivity contribution in [3.05, 3.63) is 63.8 Å². The molecule has 0 bridgehead atoms. The molecule has 0 saturated heterocycles. The lowest BCUT2D eigenvalue weighted by atomic mass is 10.0. The Balaban J connectivity index is 1.72. The largest absolute Gasteiger partial charge is 0.484 e. The van der Waals surface area contributed by atoms with Gasteiger partial charge in [-0.2, -0.15) is 0 Å². The molecule has 0 fully saturated rings. The van der Waals surface area contributed by atoms with Crippen molar-refractivity contribution in [3.8, 4) is 5.75 Å². The van der Waals surface area contributed by atoms with Gasteiger partial charge in [0.1, 0.15) is 11.9 Å². The monoisotopic (exact) mass is 323 g/mol. The molecule has 0 spiro atoms.